The molecule has 0 atom stereocenters. The van der Waals surface area contributed by atoms with E-state index in [1.165, 1.54) is 10.9 Å². The highest BCUT2D eigenvalue weighted by Crippen LogP contribution is 2.19. The second-order valence-corrected chi connectivity index (χ2v) is 5.03. The summed E-state index contributed by atoms with van der Waals surface area (Å²) in [5, 5.41) is 4.11. The van der Waals surface area contributed by atoms with Gasteiger partial charge < -0.3 is 15.3 Å². The second-order valence-electron chi connectivity index (χ2n) is 5.03. The van der Waals surface area contributed by atoms with Crippen molar-refractivity contribution in [3.63, 3.8) is 0 Å². The van der Waals surface area contributed by atoms with E-state index < -0.39 is 0 Å². The molecule has 0 saturated carbocycles. The topological polar surface area (TPSA) is 73.6 Å². The number of aromatic amines is 2. The molecule has 5 heteroatoms. The first-order valence-corrected chi connectivity index (χ1v) is 7.13. The van der Waals surface area contributed by atoms with E-state index in [2.05, 4.69) is 32.4 Å². The molecule has 0 unspecified atom stereocenters. The van der Waals surface area contributed by atoms with Crippen molar-refractivity contribution in [2.75, 3.05) is 0 Å². The lowest BCUT2D eigenvalue weighted by Crippen LogP contribution is -2.23. The van der Waals surface area contributed by atoms with Gasteiger partial charge in [-0.2, -0.15) is 0 Å². The number of nitrogens with zero attached hydrogens (tertiary/aromatic N) is 1. The number of carbonyl (C=O) groups is 1. The Labute approximate surface area is 122 Å². The Balaban J connectivity index is 1.46. The minimum absolute atomic E-state index is 0.0613. The van der Waals surface area contributed by atoms with Crippen LogP contribution in [0.3, 0.4) is 0 Å². The van der Waals surface area contributed by atoms with Gasteiger partial charge in [0.25, 0.3) is 0 Å². The lowest BCUT2D eigenvalue weighted by molar-refractivity contribution is -0.121. The van der Waals surface area contributed by atoms with Crippen molar-refractivity contribution in [3.05, 3.63) is 54.2 Å². The molecular formula is C16H18N4O. The molecule has 108 valence electrons. The highest BCUT2D eigenvalue weighted by molar-refractivity contribution is 5.83. The standard InChI is InChI=1S/C16H18N4O/c21-16(20-11-15-17-8-9-18-15)7-3-4-12-10-19-14-6-2-1-5-13(12)14/h1-2,5-6,8-10,19H,3-4,7,11H2,(H,17,18)(H,20,21). The van der Waals surface area contributed by atoms with Gasteiger partial charge in [-0.25, -0.2) is 4.98 Å². The molecule has 0 bridgehead atoms. The fourth-order valence-corrected chi connectivity index (χ4v) is 2.44. The first-order valence-electron chi connectivity index (χ1n) is 7.13. The highest BCUT2D eigenvalue weighted by Gasteiger charge is 2.05. The predicted octanol–water partition coefficient (Wildman–Crippen LogP) is 2.53. The maximum atomic E-state index is 11.8. The number of hydrogen-bond acceptors (Lipinski definition) is 2. The second kappa shape index (κ2) is 6.26. The number of amides is 1. The van der Waals surface area contributed by atoms with Crippen LogP contribution in [0, 0.1) is 0 Å². The molecule has 3 N–H and O–H groups in total. The molecular weight excluding hydrogens is 264 g/mol. The lowest BCUT2D eigenvalue weighted by Gasteiger charge is -2.03. The molecule has 1 aromatic carbocycles. The molecule has 0 spiro atoms. The Morgan fingerprint density at radius 1 is 1.24 bits per heavy atom. The number of fused-ring (bicyclic) bond motifs is 1. The molecule has 0 aliphatic rings. The molecule has 0 aliphatic heterocycles. The van der Waals surface area contributed by atoms with Crippen molar-refractivity contribution in [1.82, 2.24) is 20.3 Å². The van der Waals surface area contributed by atoms with Crippen LogP contribution in [0.1, 0.15) is 24.2 Å². The summed E-state index contributed by atoms with van der Waals surface area (Å²) in [7, 11) is 0. The van der Waals surface area contributed by atoms with Crippen molar-refractivity contribution in [2.24, 2.45) is 0 Å². The third kappa shape index (κ3) is 3.31. The van der Waals surface area contributed by atoms with E-state index in [0.717, 1.165) is 24.2 Å². The van der Waals surface area contributed by atoms with Crippen LogP contribution in [0.25, 0.3) is 10.9 Å². The minimum Gasteiger partial charge on any atom is -0.361 e. The first kappa shape index (κ1) is 13.4. The summed E-state index contributed by atoms with van der Waals surface area (Å²) >= 11 is 0. The molecule has 0 aliphatic carbocycles. The molecule has 3 rings (SSSR count). The zero-order valence-electron chi connectivity index (χ0n) is 11.7. The minimum atomic E-state index is 0.0613. The number of imidazole rings is 1. The van der Waals surface area contributed by atoms with Crippen molar-refractivity contribution in [3.8, 4) is 0 Å². The van der Waals surface area contributed by atoms with Crippen LogP contribution in [0.2, 0.25) is 0 Å². The number of nitrogens with one attached hydrogen (secondary N) is 3. The van der Waals surface area contributed by atoms with E-state index in [4.69, 9.17) is 0 Å². The number of rotatable bonds is 6. The normalized spacial score (nSPS) is 10.9. The third-order valence-electron chi connectivity index (χ3n) is 3.53. The monoisotopic (exact) mass is 282 g/mol. The zero-order chi connectivity index (χ0) is 14.5. The fraction of sp³-hybridized carbons (Fsp3) is 0.250. The number of benzene rings is 1. The van der Waals surface area contributed by atoms with Gasteiger partial charge in [0, 0.05) is 35.9 Å². The summed E-state index contributed by atoms with van der Waals surface area (Å²) < 4.78 is 0. The maximum absolute atomic E-state index is 11.8. The largest absolute Gasteiger partial charge is 0.361 e. The highest BCUT2D eigenvalue weighted by atomic mass is 16.1. The molecule has 0 radical (unpaired) electrons. The molecule has 0 fully saturated rings. The van der Waals surface area contributed by atoms with Crippen LogP contribution in [-0.4, -0.2) is 20.9 Å². The van der Waals surface area contributed by atoms with Crippen LogP contribution in [0.15, 0.2) is 42.9 Å². The first-order chi connectivity index (χ1) is 10.3. The maximum Gasteiger partial charge on any atom is 0.220 e. The van der Waals surface area contributed by atoms with Crippen molar-refractivity contribution >= 4 is 16.8 Å². The average Bonchev–Trinajstić information content (AvgIpc) is 3.15. The summed E-state index contributed by atoms with van der Waals surface area (Å²) in [6.07, 6.45) is 7.73. The Kier molecular flexibility index (Phi) is 4.00. The van der Waals surface area contributed by atoms with E-state index in [1.54, 1.807) is 12.4 Å². The van der Waals surface area contributed by atoms with E-state index in [0.29, 0.717) is 13.0 Å². The Morgan fingerprint density at radius 3 is 3.00 bits per heavy atom. The number of hydrogen-bond donors (Lipinski definition) is 3. The molecule has 5 nitrogen and oxygen atoms in total. The number of para-hydroxylation sites is 1. The molecule has 1 amide bonds. The Bertz CT molecular complexity index is 715. The quantitative estimate of drug-likeness (QED) is 0.650. The van der Waals surface area contributed by atoms with Crippen LogP contribution in [0.5, 0.6) is 0 Å². The Hall–Kier alpha value is -2.56. The molecule has 2 heterocycles. The van der Waals surface area contributed by atoms with Crippen LogP contribution in [0.4, 0.5) is 0 Å². The van der Waals surface area contributed by atoms with E-state index in [1.807, 2.05) is 18.3 Å². The lowest BCUT2D eigenvalue weighted by atomic mass is 10.1. The number of aryl methyl sites for hydroxylation is 1. The van der Waals surface area contributed by atoms with Gasteiger partial charge in [-0.05, 0) is 24.5 Å². The predicted molar refractivity (Wildman–Crippen MR) is 81.7 cm³/mol. The van der Waals surface area contributed by atoms with Gasteiger partial charge in [0.2, 0.25) is 5.91 Å². The summed E-state index contributed by atoms with van der Waals surface area (Å²) in [6.45, 7) is 0.457. The van der Waals surface area contributed by atoms with Crippen LogP contribution < -0.4 is 5.32 Å². The van der Waals surface area contributed by atoms with E-state index in [9.17, 15) is 4.79 Å². The van der Waals surface area contributed by atoms with Gasteiger partial charge in [0.1, 0.15) is 5.82 Å². The summed E-state index contributed by atoms with van der Waals surface area (Å²) in [6, 6.07) is 8.23. The molecule has 0 saturated heterocycles. The average molecular weight is 282 g/mol. The summed E-state index contributed by atoms with van der Waals surface area (Å²) in [5.74, 6) is 0.839. The van der Waals surface area contributed by atoms with Gasteiger partial charge in [-0.15, -0.1) is 0 Å². The summed E-state index contributed by atoms with van der Waals surface area (Å²) in [5.41, 5.74) is 2.42. The van der Waals surface area contributed by atoms with Crippen molar-refractivity contribution in [2.45, 2.75) is 25.8 Å². The third-order valence-corrected chi connectivity index (χ3v) is 3.53. The van der Waals surface area contributed by atoms with E-state index in [-0.39, 0.29) is 5.91 Å². The zero-order valence-corrected chi connectivity index (χ0v) is 11.7. The Morgan fingerprint density at radius 2 is 2.14 bits per heavy atom. The van der Waals surface area contributed by atoms with Crippen LogP contribution >= 0.6 is 0 Å². The van der Waals surface area contributed by atoms with Gasteiger partial charge in [-0.1, -0.05) is 18.2 Å². The van der Waals surface area contributed by atoms with Gasteiger partial charge >= 0.3 is 0 Å². The van der Waals surface area contributed by atoms with Gasteiger partial charge in [0.05, 0.1) is 6.54 Å². The van der Waals surface area contributed by atoms with Crippen LogP contribution in [-0.2, 0) is 17.8 Å². The smallest absolute Gasteiger partial charge is 0.220 e. The molecule has 3 aromatic rings. The fourth-order valence-electron chi connectivity index (χ4n) is 2.44. The number of H-pyrrole nitrogens is 2. The van der Waals surface area contributed by atoms with Gasteiger partial charge in [0.15, 0.2) is 0 Å². The molecule has 2 aromatic heterocycles. The number of aromatic nitrogens is 3. The summed E-state index contributed by atoms with van der Waals surface area (Å²) in [4.78, 5) is 22.1. The van der Waals surface area contributed by atoms with Crippen molar-refractivity contribution in [1.29, 1.82) is 0 Å². The SMILES string of the molecule is O=C(CCCc1c[nH]c2ccccc12)NCc1ncc[nH]1. The number of carbonyl (C=O) groups excluding carboxylic acids is 1. The molecule has 21 heavy (non-hydrogen) atoms. The van der Waals surface area contributed by atoms with E-state index >= 15 is 0 Å². The van der Waals surface area contributed by atoms with Crippen molar-refractivity contribution < 1.29 is 4.79 Å². The van der Waals surface area contributed by atoms with Gasteiger partial charge in [-0.3, -0.25) is 4.79 Å².